The van der Waals surface area contributed by atoms with Gasteiger partial charge in [-0.05, 0) is 31.4 Å². The molecule has 2 heterocycles. The highest BCUT2D eigenvalue weighted by Crippen LogP contribution is 2.27. The number of fused-ring (bicyclic) bond motifs is 1. The van der Waals surface area contributed by atoms with Gasteiger partial charge in [-0.25, -0.2) is 0 Å². The molecule has 2 N–H and O–H groups in total. The molecule has 0 radical (unpaired) electrons. The van der Waals surface area contributed by atoms with Crippen molar-refractivity contribution in [1.29, 1.82) is 0 Å². The van der Waals surface area contributed by atoms with Crippen LogP contribution in [0.5, 0.6) is 0 Å². The van der Waals surface area contributed by atoms with Crippen LogP contribution < -0.4 is 5.73 Å². The Morgan fingerprint density at radius 3 is 3.05 bits per heavy atom. The number of piperidine rings is 1. The number of hydrogen-bond acceptors (Lipinski definition) is 3. The van der Waals surface area contributed by atoms with Gasteiger partial charge in [0.1, 0.15) is 5.58 Å². The predicted octanol–water partition coefficient (Wildman–Crippen LogP) is 2.99. The van der Waals surface area contributed by atoms with E-state index in [0.29, 0.717) is 12.0 Å². The van der Waals surface area contributed by atoms with Crippen LogP contribution in [0.4, 0.5) is 0 Å². The van der Waals surface area contributed by atoms with Crippen LogP contribution in [-0.4, -0.2) is 24.0 Å². The van der Waals surface area contributed by atoms with Crippen molar-refractivity contribution >= 4 is 11.0 Å². The second kappa shape index (κ2) is 5.35. The maximum absolute atomic E-state index is 5.96. The molecule has 2 atom stereocenters. The van der Waals surface area contributed by atoms with Gasteiger partial charge in [0.15, 0.2) is 0 Å². The fourth-order valence-electron chi connectivity index (χ4n) is 3.29. The molecule has 0 spiro atoms. The Labute approximate surface area is 114 Å². The Hall–Kier alpha value is -1.32. The van der Waals surface area contributed by atoms with Gasteiger partial charge in [-0.15, -0.1) is 0 Å². The summed E-state index contributed by atoms with van der Waals surface area (Å²) in [6.07, 6.45) is 4.47. The first-order valence-electron chi connectivity index (χ1n) is 7.19. The SMILES string of the molecule is CC1CCCN(Cc2coc3ccccc23)C1CN. The number of hydrogen-bond donors (Lipinski definition) is 1. The number of para-hydroxylation sites is 1. The van der Waals surface area contributed by atoms with E-state index in [1.807, 2.05) is 18.4 Å². The van der Waals surface area contributed by atoms with Crippen LogP contribution in [0, 0.1) is 5.92 Å². The van der Waals surface area contributed by atoms with Crippen LogP contribution in [0.2, 0.25) is 0 Å². The van der Waals surface area contributed by atoms with Gasteiger partial charge in [-0.3, -0.25) is 4.90 Å². The van der Waals surface area contributed by atoms with E-state index >= 15 is 0 Å². The summed E-state index contributed by atoms with van der Waals surface area (Å²) < 4.78 is 5.63. The van der Waals surface area contributed by atoms with Gasteiger partial charge in [0.05, 0.1) is 6.26 Å². The molecule has 2 aromatic rings. The summed E-state index contributed by atoms with van der Waals surface area (Å²) in [6.45, 7) is 5.16. The van der Waals surface area contributed by atoms with Gasteiger partial charge in [-0.2, -0.15) is 0 Å². The monoisotopic (exact) mass is 258 g/mol. The van der Waals surface area contributed by atoms with E-state index in [9.17, 15) is 0 Å². The van der Waals surface area contributed by atoms with Gasteiger partial charge in [0.2, 0.25) is 0 Å². The summed E-state index contributed by atoms with van der Waals surface area (Å²) in [4.78, 5) is 2.52. The van der Waals surface area contributed by atoms with E-state index < -0.39 is 0 Å². The van der Waals surface area contributed by atoms with Crippen LogP contribution in [0.25, 0.3) is 11.0 Å². The van der Waals surface area contributed by atoms with Gasteiger partial charge < -0.3 is 10.2 Å². The molecule has 2 unspecified atom stereocenters. The minimum Gasteiger partial charge on any atom is -0.464 e. The molecule has 3 heteroatoms. The zero-order chi connectivity index (χ0) is 13.2. The van der Waals surface area contributed by atoms with Crippen molar-refractivity contribution in [3.8, 4) is 0 Å². The summed E-state index contributed by atoms with van der Waals surface area (Å²) in [5, 5.41) is 1.23. The number of nitrogens with two attached hydrogens (primary N) is 1. The Morgan fingerprint density at radius 2 is 2.21 bits per heavy atom. The van der Waals surface area contributed by atoms with Gasteiger partial charge in [0.25, 0.3) is 0 Å². The molecule has 3 nitrogen and oxygen atoms in total. The smallest absolute Gasteiger partial charge is 0.134 e. The number of furan rings is 1. The molecule has 0 aliphatic carbocycles. The number of benzene rings is 1. The van der Waals surface area contributed by atoms with Gasteiger partial charge in [0, 0.05) is 30.1 Å². The molecule has 102 valence electrons. The fraction of sp³-hybridized carbons (Fsp3) is 0.500. The van der Waals surface area contributed by atoms with Gasteiger partial charge in [-0.1, -0.05) is 25.1 Å². The molecule has 1 aromatic heterocycles. The Balaban J connectivity index is 1.83. The molecule has 1 aliphatic heterocycles. The standard InChI is InChI=1S/C16H22N2O/c1-12-5-4-8-18(15(12)9-17)10-13-11-19-16-7-3-2-6-14(13)16/h2-3,6-7,11-12,15H,4-5,8-10,17H2,1H3. The lowest BCUT2D eigenvalue weighted by molar-refractivity contribution is 0.0992. The van der Waals surface area contributed by atoms with Crippen molar-refractivity contribution in [1.82, 2.24) is 4.90 Å². The molecule has 1 saturated heterocycles. The first-order valence-corrected chi connectivity index (χ1v) is 7.19. The van der Waals surface area contributed by atoms with Crippen molar-refractivity contribution in [2.75, 3.05) is 13.1 Å². The van der Waals surface area contributed by atoms with Crippen molar-refractivity contribution in [2.45, 2.75) is 32.4 Å². The zero-order valence-corrected chi connectivity index (χ0v) is 11.5. The summed E-state index contributed by atoms with van der Waals surface area (Å²) >= 11 is 0. The number of likely N-dealkylation sites (tertiary alicyclic amines) is 1. The molecule has 3 rings (SSSR count). The third-order valence-corrected chi connectivity index (χ3v) is 4.41. The average Bonchev–Trinajstić information content (AvgIpc) is 2.83. The lowest BCUT2D eigenvalue weighted by Crippen LogP contribution is -2.47. The number of nitrogens with zero attached hydrogens (tertiary/aromatic N) is 1. The fourth-order valence-corrected chi connectivity index (χ4v) is 3.29. The molecule has 19 heavy (non-hydrogen) atoms. The third-order valence-electron chi connectivity index (χ3n) is 4.41. The van der Waals surface area contributed by atoms with Crippen LogP contribution >= 0.6 is 0 Å². The minimum absolute atomic E-state index is 0.502. The Bertz CT molecular complexity index is 548. The molecule has 0 bridgehead atoms. The summed E-state index contributed by atoms with van der Waals surface area (Å²) in [7, 11) is 0. The molecule has 1 aromatic carbocycles. The maximum atomic E-state index is 5.96. The normalized spacial score (nSPS) is 24.9. The highest BCUT2D eigenvalue weighted by Gasteiger charge is 2.27. The molecular formula is C16H22N2O. The van der Waals surface area contributed by atoms with Crippen LogP contribution in [-0.2, 0) is 6.54 Å². The topological polar surface area (TPSA) is 42.4 Å². The maximum Gasteiger partial charge on any atom is 0.134 e. The summed E-state index contributed by atoms with van der Waals surface area (Å²) in [5.41, 5.74) is 8.22. The van der Waals surface area contributed by atoms with Crippen molar-refractivity contribution in [2.24, 2.45) is 11.7 Å². The Kier molecular flexibility index (Phi) is 3.58. The van der Waals surface area contributed by atoms with Crippen molar-refractivity contribution in [3.05, 3.63) is 36.1 Å². The molecule has 0 saturated carbocycles. The first kappa shape index (κ1) is 12.7. The van der Waals surface area contributed by atoms with Crippen LogP contribution in [0.1, 0.15) is 25.3 Å². The van der Waals surface area contributed by atoms with Crippen molar-refractivity contribution < 1.29 is 4.42 Å². The van der Waals surface area contributed by atoms with Gasteiger partial charge >= 0.3 is 0 Å². The highest BCUT2D eigenvalue weighted by molar-refractivity contribution is 5.80. The molecule has 1 fully saturated rings. The summed E-state index contributed by atoms with van der Waals surface area (Å²) in [5.74, 6) is 0.692. The van der Waals surface area contributed by atoms with E-state index in [1.165, 1.54) is 23.8 Å². The molecule has 1 aliphatic rings. The zero-order valence-electron chi connectivity index (χ0n) is 11.5. The van der Waals surface area contributed by atoms with E-state index in [2.05, 4.69) is 24.0 Å². The van der Waals surface area contributed by atoms with Crippen LogP contribution in [0.15, 0.2) is 34.9 Å². The van der Waals surface area contributed by atoms with Crippen LogP contribution in [0.3, 0.4) is 0 Å². The minimum atomic E-state index is 0.502. The second-order valence-corrected chi connectivity index (χ2v) is 5.65. The lowest BCUT2D eigenvalue weighted by Gasteiger charge is -2.39. The van der Waals surface area contributed by atoms with E-state index in [0.717, 1.165) is 25.2 Å². The van der Waals surface area contributed by atoms with E-state index in [1.54, 1.807) is 0 Å². The quantitative estimate of drug-likeness (QED) is 0.920. The van der Waals surface area contributed by atoms with E-state index in [4.69, 9.17) is 10.2 Å². The largest absolute Gasteiger partial charge is 0.464 e. The Morgan fingerprint density at radius 1 is 1.37 bits per heavy atom. The van der Waals surface area contributed by atoms with E-state index in [-0.39, 0.29) is 0 Å². The van der Waals surface area contributed by atoms with Crippen molar-refractivity contribution in [3.63, 3.8) is 0 Å². The highest BCUT2D eigenvalue weighted by atomic mass is 16.3. The molecular weight excluding hydrogens is 236 g/mol. The average molecular weight is 258 g/mol. The third kappa shape index (κ3) is 2.40. The first-order chi connectivity index (χ1) is 9.29. The lowest BCUT2D eigenvalue weighted by atomic mass is 9.90. The second-order valence-electron chi connectivity index (χ2n) is 5.65. The molecule has 0 amide bonds. The predicted molar refractivity (Wildman–Crippen MR) is 77.9 cm³/mol. The number of rotatable bonds is 3. The summed E-state index contributed by atoms with van der Waals surface area (Å²) in [6, 6.07) is 8.75.